The molecular formula is C7H6BO4ReRf-. The van der Waals surface area contributed by atoms with Crippen LogP contribution in [0.2, 0.25) is 0 Å². The number of phenols is 1. The van der Waals surface area contributed by atoms with Crippen LogP contribution < -0.4 is 5.46 Å². The normalized spacial score (nSPS) is 8.14. The molecule has 7 heteroatoms. The van der Waals surface area contributed by atoms with Crippen LogP contribution in [0.3, 0.4) is 0 Å². The molecule has 1 radical (unpaired) electrons. The molecule has 0 spiro atoms. The minimum absolute atomic E-state index is 0. The number of aromatic hydroxyl groups is 1. The molecule has 0 amide bonds. The monoisotopic (exact) mass is 619 g/mol. The molecule has 0 aromatic heterocycles. The van der Waals surface area contributed by atoms with Crippen molar-refractivity contribution in [1.29, 1.82) is 0 Å². The van der Waals surface area contributed by atoms with Gasteiger partial charge in [0.15, 0.2) is 0 Å². The summed E-state index contributed by atoms with van der Waals surface area (Å²) < 4.78 is 0. The van der Waals surface area contributed by atoms with E-state index in [0.29, 0.717) is 0 Å². The van der Waals surface area contributed by atoms with Crippen molar-refractivity contribution in [3.05, 3.63) is 23.8 Å². The van der Waals surface area contributed by atoms with Gasteiger partial charge in [0.1, 0.15) is 0 Å². The molecule has 0 saturated heterocycles. The van der Waals surface area contributed by atoms with Crippen molar-refractivity contribution < 1.29 is 40.4 Å². The average molecular weight is 618 g/mol. The van der Waals surface area contributed by atoms with E-state index in [2.05, 4.69) is 0 Å². The molecule has 0 saturated carbocycles. The standard InChI is InChI=1S/C7H6BO4.Re.Rf/c9-4-5-3-6(8(11)12)1-2-7(5)10;;/h1-3,10-12H;;/q-1;;. The average Bonchev–Trinajstić information content (AvgIpc) is 2.05. The second-order valence-electron chi connectivity index (χ2n) is 2.25. The van der Waals surface area contributed by atoms with Gasteiger partial charge in [0.05, 0.1) is 6.29 Å². The van der Waals surface area contributed by atoms with Crippen molar-refractivity contribution in [2.24, 2.45) is 0 Å². The molecule has 3 N–H and O–H groups in total. The molecule has 0 fully saturated rings. The Hall–Kier alpha value is -1.66. The van der Waals surface area contributed by atoms with Gasteiger partial charge in [0, 0.05) is 26.2 Å². The molecule has 4 nitrogen and oxygen atoms in total. The third-order valence-electron chi connectivity index (χ3n) is 1.43. The molecule has 1 aromatic carbocycles. The first kappa shape index (κ1) is 14.8. The van der Waals surface area contributed by atoms with Crippen molar-refractivity contribution in [3.63, 3.8) is 0 Å². The van der Waals surface area contributed by atoms with E-state index in [1.807, 2.05) is 0 Å². The molecule has 71 valence electrons. The van der Waals surface area contributed by atoms with Crippen molar-refractivity contribution in [3.8, 4) is 5.75 Å². The minimum atomic E-state index is -1.64. The Bertz CT molecular complexity index is 308. The SMILES string of the molecule is O=[C-]c1cc(B(O)O)ccc1O.[Re].[Rf]. The zero-order chi connectivity index (χ0) is 9.14. The first-order valence-corrected chi connectivity index (χ1v) is 3.22. The van der Waals surface area contributed by atoms with E-state index in [-0.39, 0.29) is 37.2 Å². The third kappa shape index (κ3) is 3.00. The van der Waals surface area contributed by atoms with E-state index in [9.17, 15) is 4.79 Å². The summed E-state index contributed by atoms with van der Waals surface area (Å²) in [6.07, 6.45) is 1.47. The van der Waals surface area contributed by atoms with E-state index in [1.54, 1.807) is 0 Å². The van der Waals surface area contributed by atoms with E-state index >= 15 is 0 Å². The summed E-state index contributed by atoms with van der Waals surface area (Å²) in [5.74, 6) is -0.227. The van der Waals surface area contributed by atoms with Crippen molar-refractivity contribution in [2.45, 2.75) is 0 Å². The fraction of sp³-hybridized carbons (Fsp3) is 0. The molecule has 0 aliphatic carbocycles. The fourth-order valence-corrected chi connectivity index (χ4v) is 0.796. The predicted molar refractivity (Wildman–Crippen MR) is 42.7 cm³/mol. The van der Waals surface area contributed by atoms with Gasteiger partial charge in [-0.05, 0) is 0 Å². The zero-order valence-corrected chi connectivity index (χ0v) is 16.3. The van der Waals surface area contributed by atoms with Crippen LogP contribution in [0.4, 0.5) is 0 Å². The Balaban J connectivity index is 0. The van der Waals surface area contributed by atoms with Crippen molar-refractivity contribution in [1.82, 2.24) is 0 Å². The molecule has 0 atom stereocenters. The molecule has 0 heterocycles. The summed E-state index contributed by atoms with van der Waals surface area (Å²) in [5.41, 5.74) is 0.0618. The van der Waals surface area contributed by atoms with Gasteiger partial charge in [-0.2, -0.15) is 6.07 Å². The molecule has 1 aromatic rings. The van der Waals surface area contributed by atoms with Crippen molar-refractivity contribution in [2.75, 3.05) is 0 Å². The Morgan fingerprint density at radius 3 is 2.29 bits per heavy atom. The number of rotatable bonds is 2. The third-order valence-corrected chi connectivity index (χ3v) is 1.43. The molecule has 1 rings (SSSR count). The van der Waals surface area contributed by atoms with Gasteiger partial charge < -0.3 is 19.9 Å². The largest absolute Gasteiger partial charge is 0.565 e. The zero-order valence-electron chi connectivity index (χ0n) is 7.14. The maximum absolute atomic E-state index is 10.2. The fourth-order valence-electron chi connectivity index (χ4n) is 0.796. The van der Waals surface area contributed by atoms with Gasteiger partial charge >= 0.3 is 7.12 Å². The summed E-state index contributed by atoms with van der Waals surface area (Å²) in [6, 6.07) is 3.67. The van der Waals surface area contributed by atoms with E-state index in [0.717, 1.165) is 6.07 Å². The first-order valence-electron chi connectivity index (χ1n) is 3.22. The first-order chi connectivity index (χ1) is 5.65. The predicted octanol–water partition coefficient (Wildman–Crippen LogP) is -1.47. The van der Waals surface area contributed by atoms with Crippen molar-refractivity contribution >= 4 is 18.9 Å². The Morgan fingerprint density at radius 1 is 1.29 bits per heavy atom. The maximum Gasteiger partial charge on any atom is 0.475 e. The van der Waals surface area contributed by atoms with Gasteiger partial charge in [-0.15, -0.1) is 5.56 Å². The van der Waals surface area contributed by atoms with Crippen LogP contribution in [0.5, 0.6) is 5.75 Å². The number of carbonyl (C=O) groups excluding carboxylic acids is 1. The van der Waals surface area contributed by atoms with Crippen LogP contribution in [0.1, 0.15) is 5.56 Å². The summed E-state index contributed by atoms with van der Waals surface area (Å²) in [5, 5.41) is 26.3. The summed E-state index contributed by atoms with van der Waals surface area (Å²) in [4.78, 5) is 10.2. The van der Waals surface area contributed by atoms with Gasteiger partial charge in [0.25, 0.3) is 0 Å². The second-order valence-corrected chi connectivity index (χ2v) is 2.25. The van der Waals surface area contributed by atoms with E-state index in [1.165, 1.54) is 18.4 Å². The van der Waals surface area contributed by atoms with Crippen LogP contribution in [0.25, 0.3) is 0 Å². The number of hydrogen-bond acceptors (Lipinski definition) is 4. The van der Waals surface area contributed by atoms with Gasteiger partial charge in [-0.1, -0.05) is 17.6 Å². The maximum atomic E-state index is 10.2. The van der Waals surface area contributed by atoms with Crippen LogP contribution in [0, 0.1) is 0 Å². The molecule has 14 heavy (non-hydrogen) atoms. The number of phenolic OH excluding ortho intramolecular Hbond substituents is 1. The minimum Gasteiger partial charge on any atom is -0.565 e. The molecule has 0 aliphatic heterocycles. The number of benzene rings is 1. The molecule has 0 bridgehead atoms. The van der Waals surface area contributed by atoms with Crippen LogP contribution in [0.15, 0.2) is 18.2 Å². The number of hydrogen-bond donors (Lipinski definition) is 3. The summed E-state index contributed by atoms with van der Waals surface area (Å²) >= 11 is 0. The molecular weight excluding hydrogens is 612 g/mol. The van der Waals surface area contributed by atoms with Crippen LogP contribution >= 0.6 is 0 Å². The second kappa shape index (κ2) is 5.89. The topological polar surface area (TPSA) is 77.8 Å². The Kier molecular flexibility index (Phi) is 6.25. The van der Waals surface area contributed by atoms with Gasteiger partial charge in [0.2, 0.25) is 0 Å². The summed E-state index contributed by atoms with van der Waals surface area (Å²) in [6.45, 7) is 0. The quantitative estimate of drug-likeness (QED) is 0.280. The summed E-state index contributed by atoms with van der Waals surface area (Å²) in [7, 11) is -1.64. The van der Waals surface area contributed by atoms with Gasteiger partial charge in [-0.3, -0.25) is 0 Å². The Labute approximate surface area is 89.0 Å². The van der Waals surface area contributed by atoms with Gasteiger partial charge in [-0.25, -0.2) is 0 Å². The van der Waals surface area contributed by atoms with Crippen LogP contribution in [-0.2, 0) is 25.2 Å². The smallest absolute Gasteiger partial charge is 0.475 e. The van der Waals surface area contributed by atoms with E-state index < -0.39 is 7.12 Å². The molecule has 0 aliphatic rings. The molecule has 0 unspecified atom stereocenters. The Morgan fingerprint density at radius 2 is 1.86 bits per heavy atom. The van der Waals surface area contributed by atoms with E-state index in [4.69, 9.17) is 15.2 Å². The van der Waals surface area contributed by atoms with Crippen LogP contribution in [-0.4, -0.2) is 28.6 Å².